The Labute approximate surface area is 83.9 Å². The minimum absolute atomic E-state index is 0.0575. The fourth-order valence-electron chi connectivity index (χ4n) is 1.34. The van der Waals surface area contributed by atoms with Gasteiger partial charge in [0.25, 0.3) is 0 Å². The number of methoxy groups -OCH3 is 1. The largest absolute Gasteiger partial charge is 0.497 e. The quantitative estimate of drug-likeness (QED) is 0.735. The predicted molar refractivity (Wildman–Crippen MR) is 55.7 cm³/mol. The van der Waals surface area contributed by atoms with Gasteiger partial charge in [-0.1, -0.05) is 6.07 Å². The zero-order valence-electron chi connectivity index (χ0n) is 8.49. The number of aldehydes is 1. The molecule has 0 fully saturated rings. The second-order valence-corrected chi connectivity index (χ2v) is 3.36. The van der Waals surface area contributed by atoms with Crippen molar-refractivity contribution < 1.29 is 9.53 Å². The fourth-order valence-corrected chi connectivity index (χ4v) is 1.34. The van der Waals surface area contributed by atoms with Crippen LogP contribution in [0, 0.1) is 0 Å². The van der Waals surface area contributed by atoms with Crippen LogP contribution in [0.15, 0.2) is 18.2 Å². The van der Waals surface area contributed by atoms with Crippen molar-refractivity contribution in [1.29, 1.82) is 0 Å². The first-order valence-corrected chi connectivity index (χ1v) is 4.55. The van der Waals surface area contributed by atoms with Crippen LogP contribution in [-0.4, -0.2) is 19.4 Å². The number of carbonyl (C=O) groups excluding carboxylic acids is 1. The molecule has 3 nitrogen and oxygen atoms in total. The Bertz CT molecular complexity index is 321. The van der Waals surface area contributed by atoms with Gasteiger partial charge in [-0.2, -0.15) is 0 Å². The molecule has 2 N–H and O–H groups in total. The first kappa shape index (κ1) is 10.7. The lowest BCUT2D eigenvalue weighted by molar-refractivity contribution is 0.112. The Morgan fingerprint density at radius 2 is 2.29 bits per heavy atom. The first-order valence-electron chi connectivity index (χ1n) is 4.55. The van der Waals surface area contributed by atoms with Crippen molar-refractivity contribution in [3.63, 3.8) is 0 Å². The van der Waals surface area contributed by atoms with Crippen molar-refractivity contribution in [2.24, 2.45) is 5.73 Å². The lowest BCUT2D eigenvalue weighted by Crippen LogP contribution is -2.18. The van der Waals surface area contributed by atoms with Crippen LogP contribution >= 0.6 is 0 Å². The molecule has 0 radical (unpaired) electrons. The average Bonchev–Trinajstić information content (AvgIpc) is 2.17. The molecule has 0 saturated heterocycles. The van der Waals surface area contributed by atoms with E-state index < -0.39 is 0 Å². The molecule has 0 spiro atoms. The summed E-state index contributed by atoms with van der Waals surface area (Å²) in [5.41, 5.74) is 7.29. The molecule has 0 aliphatic heterocycles. The number of hydrogen-bond donors (Lipinski definition) is 1. The van der Waals surface area contributed by atoms with Crippen molar-refractivity contribution in [3.8, 4) is 5.75 Å². The summed E-state index contributed by atoms with van der Waals surface area (Å²) in [6, 6.07) is 5.50. The Hall–Kier alpha value is -1.35. The van der Waals surface area contributed by atoms with Gasteiger partial charge in [0.15, 0.2) is 0 Å². The van der Waals surface area contributed by atoms with E-state index in [2.05, 4.69) is 0 Å². The number of carbonyl (C=O) groups is 1. The predicted octanol–water partition coefficient (Wildman–Crippen LogP) is 1.40. The molecule has 0 aromatic heterocycles. The van der Waals surface area contributed by atoms with Gasteiger partial charge in [0, 0.05) is 11.6 Å². The molecule has 1 rings (SSSR count). The maximum Gasteiger partial charge on any atom is 0.150 e. The van der Waals surface area contributed by atoms with Crippen LogP contribution < -0.4 is 10.5 Å². The highest BCUT2D eigenvalue weighted by molar-refractivity contribution is 5.78. The average molecular weight is 193 g/mol. The molecule has 0 amide bonds. The van der Waals surface area contributed by atoms with Gasteiger partial charge in [-0.3, -0.25) is 4.79 Å². The summed E-state index contributed by atoms with van der Waals surface area (Å²) in [6.45, 7) is 1.92. The van der Waals surface area contributed by atoms with E-state index in [0.29, 0.717) is 17.7 Å². The van der Waals surface area contributed by atoms with Gasteiger partial charge < -0.3 is 10.5 Å². The van der Waals surface area contributed by atoms with Gasteiger partial charge in [0.2, 0.25) is 0 Å². The maximum atomic E-state index is 10.8. The van der Waals surface area contributed by atoms with Crippen LogP contribution in [0.2, 0.25) is 0 Å². The summed E-state index contributed by atoms with van der Waals surface area (Å²) < 4.78 is 5.03. The molecule has 76 valence electrons. The third kappa shape index (κ3) is 2.57. The molecule has 0 aliphatic carbocycles. The van der Waals surface area contributed by atoms with Gasteiger partial charge in [-0.25, -0.2) is 0 Å². The van der Waals surface area contributed by atoms with Crippen LogP contribution in [0.5, 0.6) is 5.75 Å². The summed E-state index contributed by atoms with van der Waals surface area (Å²) in [4.78, 5) is 10.8. The zero-order valence-corrected chi connectivity index (χ0v) is 8.49. The number of ether oxygens (including phenoxy) is 1. The molecule has 0 saturated carbocycles. The minimum Gasteiger partial charge on any atom is -0.497 e. The molecule has 14 heavy (non-hydrogen) atoms. The molecule has 0 aliphatic rings. The number of nitrogens with two attached hydrogens (primary N) is 1. The van der Waals surface area contributed by atoms with Gasteiger partial charge in [0.1, 0.15) is 12.0 Å². The molecular weight excluding hydrogens is 178 g/mol. The molecule has 0 bridgehead atoms. The van der Waals surface area contributed by atoms with Crippen LogP contribution in [0.25, 0.3) is 0 Å². The molecular formula is C11H15NO2. The Balaban J connectivity index is 2.99. The third-order valence-corrected chi connectivity index (χ3v) is 2.02. The van der Waals surface area contributed by atoms with Gasteiger partial charge >= 0.3 is 0 Å². The van der Waals surface area contributed by atoms with Crippen molar-refractivity contribution in [2.45, 2.75) is 19.4 Å². The molecule has 1 atom stereocenters. The van der Waals surface area contributed by atoms with Crippen LogP contribution in [-0.2, 0) is 6.42 Å². The first-order chi connectivity index (χ1) is 6.67. The topological polar surface area (TPSA) is 52.3 Å². The lowest BCUT2D eigenvalue weighted by Gasteiger charge is -2.09. The summed E-state index contributed by atoms with van der Waals surface area (Å²) in [6.07, 6.45) is 1.54. The van der Waals surface area contributed by atoms with E-state index in [4.69, 9.17) is 10.5 Å². The van der Waals surface area contributed by atoms with Crippen LogP contribution in [0.3, 0.4) is 0 Å². The van der Waals surface area contributed by atoms with Gasteiger partial charge in [-0.05, 0) is 31.0 Å². The molecule has 1 unspecified atom stereocenters. The minimum atomic E-state index is 0.0575. The summed E-state index contributed by atoms with van der Waals surface area (Å²) in [5.74, 6) is 0.695. The van der Waals surface area contributed by atoms with Crippen molar-refractivity contribution >= 4 is 6.29 Å². The van der Waals surface area contributed by atoms with E-state index in [1.54, 1.807) is 13.2 Å². The standard InChI is InChI=1S/C11H15NO2/c1-8(12)5-9-3-4-11(14-2)6-10(9)7-13/h3-4,6-8H,5,12H2,1-2H3. The third-order valence-electron chi connectivity index (χ3n) is 2.02. The van der Waals surface area contributed by atoms with E-state index in [0.717, 1.165) is 11.8 Å². The molecule has 1 aromatic rings. The maximum absolute atomic E-state index is 10.8. The normalized spacial score (nSPS) is 12.2. The number of rotatable bonds is 4. The summed E-state index contributed by atoms with van der Waals surface area (Å²) in [7, 11) is 1.58. The Morgan fingerprint density at radius 1 is 1.57 bits per heavy atom. The number of hydrogen-bond acceptors (Lipinski definition) is 3. The van der Waals surface area contributed by atoms with Crippen molar-refractivity contribution in [2.75, 3.05) is 7.11 Å². The van der Waals surface area contributed by atoms with Gasteiger partial charge in [0.05, 0.1) is 7.11 Å². The van der Waals surface area contributed by atoms with E-state index in [-0.39, 0.29) is 6.04 Å². The van der Waals surface area contributed by atoms with E-state index >= 15 is 0 Å². The smallest absolute Gasteiger partial charge is 0.150 e. The van der Waals surface area contributed by atoms with E-state index in [9.17, 15) is 4.79 Å². The fraction of sp³-hybridized carbons (Fsp3) is 0.364. The Kier molecular flexibility index (Phi) is 3.65. The lowest BCUT2D eigenvalue weighted by atomic mass is 10.0. The van der Waals surface area contributed by atoms with Gasteiger partial charge in [-0.15, -0.1) is 0 Å². The second-order valence-electron chi connectivity index (χ2n) is 3.36. The SMILES string of the molecule is COc1ccc(CC(C)N)c(C=O)c1. The van der Waals surface area contributed by atoms with Crippen molar-refractivity contribution in [3.05, 3.63) is 29.3 Å². The number of benzene rings is 1. The van der Waals surface area contributed by atoms with Crippen LogP contribution in [0.1, 0.15) is 22.8 Å². The highest BCUT2D eigenvalue weighted by Crippen LogP contribution is 2.17. The molecule has 1 aromatic carbocycles. The van der Waals surface area contributed by atoms with Crippen LogP contribution in [0.4, 0.5) is 0 Å². The molecule has 3 heteroatoms. The highest BCUT2D eigenvalue weighted by Gasteiger charge is 2.05. The summed E-state index contributed by atoms with van der Waals surface area (Å²) in [5, 5.41) is 0. The van der Waals surface area contributed by atoms with E-state index in [1.807, 2.05) is 19.1 Å². The monoisotopic (exact) mass is 193 g/mol. The Morgan fingerprint density at radius 3 is 2.79 bits per heavy atom. The van der Waals surface area contributed by atoms with Crippen molar-refractivity contribution in [1.82, 2.24) is 0 Å². The summed E-state index contributed by atoms with van der Waals surface area (Å²) >= 11 is 0. The van der Waals surface area contributed by atoms with E-state index in [1.165, 1.54) is 0 Å². The molecule has 0 heterocycles. The zero-order chi connectivity index (χ0) is 10.6. The second kappa shape index (κ2) is 4.77. The highest BCUT2D eigenvalue weighted by atomic mass is 16.5.